The monoisotopic (exact) mass is 546 g/mol. The lowest BCUT2D eigenvalue weighted by Gasteiger charge is -2.15. The van der Waals surface area contributed by atoms with Crippen molar-refractivity contribution in [2.75, 3.05) is 13.6 Å². The highest BCUT2D eigenvalue weighted by Gasteiger charge is 2.09. The van der Waals surface area contributed by atoms with E-state index in [4.69, 9.17) is 0 Å². The summed E-state index contributed by atoms with van der Waals surface area (Å²) in [6.45, 7) is 5.67. The molecule has 0 saturated heterocycles. The van der Waals surface area contributed by atoms with Gasteiger partial charge in [-0.05, 0) is 37.1 Å². The Morgan fingerprint density at radius 2 is 1.69 bits per heavy atom. The van der Waals surface area contributed by atoms with Gasteiger partial charge in [0.2, 0.25) is 5.91 Å². The van der Waals surface area contributed by atoms with E-state index in [1.54, 1.807) is 7.05 Å². The largest absolute Gasteiger partial charge is 0.356 e. The fourth-order valence-electron chi connectivity index (χ4n) is 3.32. The predicted octanol–water partition coefficient (Wildman–Crippen LogP) is 3.48. The summed E-state index contributed by atoms with van der Waals surface area (Å²) in [4.78, 5) is 16.3. The Bertz CT molecular complexity index is 1030. The van der Waals surface area contributed by atoms with Crippen LogP contribution in [-0.4, -0.2) is 35.2 Å². The van der Waals surface area contributed by atoms with Crippen LogP contribution in [0.4, 0.5) is 0 Å². The van der Waals surface area contributed by atoms with Gasteiger partial charge in [0, 0.05) is 38.8 Å². The van der Waals surface area contributed by atoms with E-state index in [0.717, 1.165) is 28.2 Å². The van der Waals surface area contributed by atoms with Crippen molar-refractivity contribution in [3.63, 3.8) is 0 Å². The summed E-state index contributed by atoms with van der Waals surface area (Å²) in [6.07, 6.45) is 0.371. The van der Waals surface area contributed by atoms with E-state index >= 15 is 0 Å². The highest BCUT2D eigenvalue weighted by Crippen LogP contribution is 2.16. The van der Waals surface area contributed by atoms with Crippen LogP contribution in [0, 0.1) is 13.8 Å². The summed E-state index contributed by atoms with van der Waals surface area (Å²) < 4.78 is 1.96. The summed E-state index contributed by atoms with van der Waals surface area (Å²) in [5.41, 5.74) is 5.31. The molecule has 0 aliphatic carbocycles. The van der Waals surface area contributed by atoms with Gasteiger partial charge in [-0.1, -0.05) is 48.5 Å². The molecule has 0 bridgehead atoms. The number of halogens is 1. The number of aromatic nitrogens is 2. The van der Waals surface area contributed by atoms with E-state index in [-0.39, 0.29) is 29.9 Å². The number of aryl methyl sites for hydroxylation is 2. The molecule has 32 heavy (non-hydrogen) atoms. The van der Waals surface area contributed by atoms with Crippen LogP contribution in [0.1, 0.15) is 28.9 Å². The van der Waals surface area contributed by atoms with Crippen LogP contribution in [0.25, 0.3) is 5.69 Å². The van der Waals surface area contributed by atoms with Crippen molar-refractivity contribution in [2.45, 2.75) is 33.4 Å². The molecule has 0 aliphatic heterocycles. The average molecular weight is 546 g/mol. The molecule has 0 fully saturated rings. The molecule has 3 aromatic rings. The molecule has 3 rings (SSSR count). The normalized spacial score (nSPS) is 10.9. The van der Waals surface area contributed by atoms with E-state index in [2.05, 4.69) is 44.2 Å². The molecule has 8 heteroatoms. The lowest BCUT2D eigenvalue weighted by Crippen LogP contribution is -2.39. The third-order valence-corrected chi connectivity index (χ3v) is 4.88. The fourth-order valence-corrected chi connectivity index (χ4v) is 3.32. The number of carbonyl (C=O) groups excluding carboxylic acids is 1. The van der Waals surface area contributed by atoms with Gasteiger partial charge in [-0.3, -0.25) is 9.79 Å². The van der Waals surface area contributed by atoms with Gasteiger partial charge in [-0.15, -0.1) is 24.0 Å². The molecule has 0 atom stereocenters. The first kappa shape index (κ1) is 25.4. The highest BCUT2D eigenvalue weighted by atomic mass is 127. The molecule has 0 spiro atoms. The van der Waals surface area contributed by atoms with Crippen molar-refractivity contribution in [1.29, 1.82) is 0 Å². The van der Waals surface area contributed by atoms with Gasteiger partial charge in [0.1, 0.15) is 0 Å². The lowest BCUT2D eigenvalue weighted by atomic mass is 10.1. The van der Waals surface area contributed by atoms with Crippen molar-refractivity contribution >= 4 is 35.8 Å². The maximum Gasteiger partial charge on any atom is 0.222 e. The predicted molar refractivity (Wildman–Crippen MR) is 140 cm³/mol. The molecule has 170 valence electrons. The van der Waals surface area contributed by atoms with E-state index < -0.39 is 0 Å². The number of nitrogens with one attached hydrogen (secondary N) is 3. The number of benzene rings is 2. The summed E-state index contributed by atoms with van der Waals surface area (Å²) in [6, 6.07) is 20.1. The first-order chi connectivity index (χ1) is 15.1. The van der Waals surface area contributed by atoms with Crippen LogP contribution in [0.5, 0.6) is 0 Å². The van der Waals surface area contributed by atoms with Crippen molar-refractivity contribution in [1.82, 2.24) is 25.7 Å². The fraction of sp³-hybridized carbons (Fsp3) is 0.292. The van der Waals surface area contributed by atoms with Crippen LogP contribution in [0.15, 0.2) is 65.7 Å². The van der Waals surface area contributed by atoms with Crippen molar-refractivity contribution in [2.24, 2.45) is 4.99 Å². The first-order valence-corrected chi connectivity index (χ1v) is 10.4. The molecular formula is C24H31IN6O. The lowest BCUT2D eigenvalue weighted by molar-refractivity contribution is -0.121. The topological polar surface area (TPSA) is 83.3 Å². The standard InChI is InChI=1S/C24H30N6O.HI/c1-18-15-19(2)30(29-18)22-12-8-7-11-21(22)17-28-24(25-3)26-14-13-23(31)27-16-20-9-5-4-6-10-20;/h4-12,15H,13-14,16-17H2,1-3H3,(H,27,31)(H2,25,26,28);1H. The van der Waals surface area contributed by atoms with Gasteiger partial charge in [-0.2, -0.15) is 5.10 Å². The number of carbonyl (C=O) groups is 1. The average Bonchev–Trinajstić information content (AvgIpc) is 3.13. The molecule has 3 N–H and O–H groups in total. The molecule has 1 amide bonds. The maximum atomic E-state index is 12.1. The number of aliphatic imine (C=N–C) groups is 1. The molecule has 0 unspecified atom stereocenters. The van der Waals surface area contributed by atoms with E-state index in [1.807, 2.05) is 61.0 Å². The minimum absolute atomic E-state index is 0. The smallest absolute Gasteiger partial charge is 0.222 e. The van der Waals surface area contributed by atoms with E-state index in [0.29, 0.717) is 32.0 Å². The Hall–Kier alpha value is -2.88. The number of hydrogen-bond donors (Lipinski definition) is 3. The van der Waals surface area contributed by atoms with E-state index in [1.165, 1.54) is 0 Å². The number of guanidine groups is 1. The van der Waals surface area contributed by atoms with Crippen LogP contribution in [0.2, 0.25) is 0 Å². The van der Waals surface area contributed by atoms with Crippen molar-refractivity contribution in [3.05, 3.63) is 83.2 Å². The van der Waals surface area contributed by atoms with Gasteiger partial charge in [0.25, 0.3) is 0 Å². The molecule has 7 nitrogen and oxygen atoms in total. The molecule has 1 heterocycles. The number of para-hydroxylation sites is 1. The number of rotatable bonds is 8. The first-order valence-electron chi connectivity index (χ1n) is 10.4. The number of nitrogens with zero attached hydrogens (tertiary/aromatic N) is 3. The summed E-state index contributed by atoms with van der Waals surface area (Å²) in [5, 5.41) is 14.0. The molecule has 2 aromatic carbocycles. The van der Waals surface area contributed by atoms with Crippen LogP contribution in [-0.2, 0) is 17.9 Å². The maximum absolute atomic E-state index is 12.1. The van der Waals surface area contributed by atoms with Gasteiger partial charge in [-0.25, -0.2) is 4.68 Å². The van der Waals surface area contributed by atoms with Crippen molar-refractivity contribution in [3.8, 4) is 5.69 Å². The van der Waals surface area contributed by atoms with Gasteiger partial charge < -0.3 is 16.0 Å². The van der Waals surface area contributed by atoms with Crippen LogP contribution < -0.4 is 16.0 Å². The minimum atomic E-state index is 0. The summed E-state index contributed by atoms with van der Waals surface area (Å²) in [5.74, 6) is 0.653. The van der Waals surface area contributed by atoms with E-state index in [9.17, 15) is 4.79 Å². The molecule has 0 saturated carbocycles. The quantitative estimate of drug-likeness (QED) is 0.230. The van der Waals surface area contributed by atoms with Gasteiger partial charge in [0.15, 0.2) is 5.96 Å². The van der Waals surface area contributed by atoms with Gasteiger partial charge in [0.05, 0.1) is 11.4 Å². The number of amides is 1. The second-order valence-corrected chi connectivity index (χ2v) is 7.33. The zero-order chi connectivity index (χ0) is 22.1. The highest BCUT2D eigenvalue weighted by molar-refractivity contribution is 14.0. The zero-order valence-corrected chi connectivity index (χ0v) is 21.1. The zero-order valence-electron chi connectivity index (χ0n) is 18.8. The molecule has 1 aromatic heterocycles. The van der Waals surface area contributed by atoms with Crippen LogP contribution in [0.3, 0.4) is 0 Å². The molecular weight excluding hydrogens is 515 g/mol. The van der Waals surface area contributed by atoms with Gasteiger partial charge >= 0.3 is 0 Å². The second-order valence-electron chi connectivity index (χ2n) is 7.33. The summed E-state index contributed by atoms with van der Waals surface area (Å²) >= 11 is 0. The third-order valence-electron chi connectivity index (χ3n) is 4.88. The third kappa shape index (κ3) is 7.37. The summed E-state index contributed by atoms with van der Waals surface area (Å²) in [7, 11) is 1.72. The Morgan fingerprint density at radius 3 is 2.38 bits per heavy atom. The Labute approximate surface area is 206 Å². The SMILES string of the molecule is CN=C(NCCC(=O)NCc1ccccc1)NCc1ccccc1-n1nc(C)cc1C.I. The number of hydrogen-bond acceptors (Lipinski definition) is 3. The second kappa shape index (κ2) is 12.8. The van der Waals surface area contributed by atoms with Crippen LogP contribution >= 0.6 is 24.0 Å². The Morgan fingerprint density at radius 1 is 0.969 bits per heavy atom. The molecule has 0 radical (unpaired) electrons. The Balaban J connectivity index is 0.00000363. The minimum Gasteiger partial charge on any atom is -0.356 e. The molecule has 0 aliphatic rings. The van der Waals surface area contributed by atoms with Crippen molar-refractivity contribution < 1.29 is 4.79 Å². The Kier molecular flexibility index (Phi) is 10.2.